The fraction of sp³-hybridized carbons (Fsp3) is 0.471. The monoisotopic (exact) mass is 394 g/mol. The molecule has 146 valence electrons. The van der Waals surface area contributed by atoms with Crippen LogP contribution in [0.15, 0.2) is 34.2 Å². The van der Waals surface area contributed by atoms with E-state index in [9.17, 15) is 18.0 Å². The SMILES string of the molecule is COC(=O)N1CCCN(C(=O)CCN=C2NS(=O)(=O)c3ccccc32)CC1. The van der Waals surface area contributed by atoms with Crippen LogP contribution in [0.5, 0.6) is 0 Å². The highest BCUT2D eigenvalue weighted by Crippen LogP contribution is 2.22. The van der Waals surface area contributed by atoms with Gasteiger partial charge >= 0.3 is 6.09 Å². The summed E-state index contributed by atoms with van der Waals surface area (Å²) in [6.07, 6.45) is 0.469. The summed E-state index contributed by atoms with van der Waals surface area (Å²) >= 11 is 0. The minimum atomic E-state index is -3.57. The van der Waals surface area contributed by atoms with Gasteiger partial charge in [0.1, 0.15) is 5.84 Å². The largest absolute Gasteiger partial charge is 0.453 e. The normalized spacial score (nSPS) is 20.0. The fourth-order valence-corrected chi connectivity index (χ4v) is 4.40. The standard InChI is InChI=1S/C17H22N4O5S/c1-26-17(23)21-10-4-9-20(11-12-21)15(22)7-8-18-16-13-5-2-3-6-14(13)27(24,25)19-16/h2-3,5-6H,4,7-12H2,1H3,(H,18,19). The predicted molar refractivity (Wildman–Crippen MR) is 98.0 cm³/mol. The molecule has 0 atom stereocenters. The zero-order valence-electron chi connectivity index (χ0n) is 15.1. The summed E-state index contributed by atoms with van der Waals surface area (Å²) in [6.45, 7) is 2.18. The molecule has 1 fully saturated rings. The first-order chi connectivity index (χ1) is 12.9. The molecule has 2 aliphatic heterocycles. The summed E-state index contributed by atoms with van der Waals surface area (Å²) in [6, 6.07) is 6.60. The van der Waals surface area contributed by atoms with Crippen LogP contribution in [0, 0.1) is 0 Å². The lowest BCUT2D eigenvalue weighted by atomic mass is 10.2. The number of benzene rings is 1. The Morgan fingerprint density at radius 3 is 2.63 bits per heavy atom. The van der Waals surface area contributed by atoms with Gasteiger partial charge in [-0.1, -0.05) is 12.1 Å². The number of nitrogens with one attached hydrogen (secondary N) is 1. The van der Waals surface area contributed by atoms with Crippen molar-refractivity contribution in [3.05, 3.63) is 29.8 Å². The first kappa shape index (κ1) is 19.2. The van der Waals surface area contributed by atoms with E-state index in [0.29, 0.717) is 38.2 Å². The van der Waals surface area contributed by atoms with Crippen LogP contribution in [0.25, 0.3) is 0 Å². The van der Waals surface area contributed by atoms with Gasteiger partial charge in [-0.2, -0.15) is 0 Å². The molecule has 1 aromatic rings. The molecule has 0 bridgehead atoms. The van der Waals surface area contributed by atoms with E-state index in [-0.39, 0.29) is 35.7 Å². The second kappa shape index (κ2) is 7.95. The molecule has 0 aromatic heterocycles. The Balaban J connectivity index is 1.57. The quantitative estimate of drug-likeness (QED) is 0.799. The van der Waals surface area contributed by atoms with E-state index < -0.39 is 10.0 Å². The molecule has 2 amide bonds. The van der Waals surface area contributed by atoms with Gasteiger partial charge in [-0.25, -0.2) is 13.2 Å². The summed E-state index contributed by atoms with van der Waals surface area (Å²) in [5.74, 6) is 0.200. The van der Waals surface area contributed by atoms with Crippen molar-refractivity contribution in [3.63, 3.8) is 0 Å². The van der Waals surface area contributed by atoms with Gasteiger partial charge in [0.15, 0.2) is 0 Å². The lowest BCUT2D eigenvalue weighted by molar-refractivity contribution is -0.130. The van der Waals surface area contributed by atoms with Gasteiger partial charge in [-0.3, -0.25) is 14.5 Å². The Labute approximate surface area is 158 Å². The number of amidine groups is 1. The van der Waals surface area contributed by atoms with Gasteiger partial charge in [-0.15, -0.1) is 0 Å². The predicted octanol–water partition coefficient (Wildman–Crippen LogP) is 0.416. The Hall–Kier alpha value is -2.62. The molecule has 3 rings (SSSR count). The molecule has 1 N–H and O–H groups in total. The topological polar surface area (TPSA) is 108 Å². The first-order valence-electron chi connectivity index (χ1n) is 8.70. The van der Waals surface area contributed by atoms with Crippen LogP contribution < -0.4 is 4.72 Å². The first-order valence-corrected chi connectivity index (χ1v) is 10.2. The molecule has 1 saturated heterocycles. The van der Waals surface area contributed by atoms with E-state index in [2.05, 4.69) is 9.71 Å². The van der Waals surface area contributed by atoms with Gasteiger partial charge < -0.3 is 14.5 Å². The van der Waals surface area contributed by atoms with E-state index in [1.54, 1.807) is 28.0 Å². The average molecular weight is 394 g/mol. The van der Waals surface area contributed by atoms with Crippen LogP contribution in [-0.2, 0) is 19.6 Å². The molecule has 0 aliphatic carbocycles. The summed E-state index contributed by atoms with van der Waals surface area (Å²) in [7, 11) is -2.23. The number of amides is 2. The van der Waals surface area contributed by atoms with E-state index in [1.165, 1.54) is 13.2 Å². The molecule has 10 heteroatoms. The lowest BCUT2D eigenvalue weighted by Gasteiger charge is -2.21. The smallest absolute Gasteiger partial charge is 0.409 e. The van der Waals surface area contributed by atoms with Gasteiger partial charge in [0, 0.05) is 38.2 Å². The minimum Gasteiger partial charge on any atom is -0.453 e. The molecule has 0 spiro atoms. The highest BCUT2D eigenvalue weighted by atomic mass is 32.2. The molecule has 9 nitrogen and oxygen atoms in total. The maximum Gasteiger partial charge on any atom is 0.409 e. The molecule has 0 unspecified atom stereocenters. The zero-order valence-corrected chi connectivity index (χ0v) is 15.9. The Morgan fingerprint density at radius 1 is 1.15 bits per heavy atom. The molecular formula is C17H22N4O5S. The van der Waals surface area contributed by atoms with Gasteiger partial charge in [-0.05, 0) is 18.6 Å². The third kappa shape index (κ3) is 4.21. The van der Waals surface area contributed by atoms with Gasteiger partial charge in [0.25, 0.3) is 10.0 Å². The van der Waals surface area contributed by atoms with Crippen LogP contribution in [0.1, 0.15) is 18.4 Å². The molecule has 27 heavy (non-hydrogen) atoms. The summed E-state index contributed by atoms with van der Waals surface area (Å²) < 4.78 is 31.2. The van der Waals surface area contributed by atoms with Crippen LogP contribution in [0.2, 0.25) is 0 Å². The Bertz CT molecular complexity index is 868. The Morgan fingerprint density at radius 2 is 1.85 bits per heavy atom. The second-order valence-electron chi connectivity index (χ2n) is 6.27. The molecule has 2 aliphatic rings. The highest BCUT2D eigenvalue weighted by Gasteiger charge is 2.30. The number of nitrogens with zero attached hydrogens (tertiary/aromatic N) is 3. The van der Waals surface area contributed by atoms with Crippen molar-refractivity contribution in [1.29, 1.82) is 0 Å². The summed E-state index contributed by atoms with van der Waals surface area (Å²) in [5, 5.41) is 0. The number of sulfonamides is 1. The second-order valence-corrected chi connectivity index (χ2v) is 7.92. The molecule has 2 heterocycles. The van der Waals surface area contributed by atoms with E-state index >= 15 is 0 Å². The molecule has 1 aromatic carbocycles. The van der Waals surface area contributed by atoms with Crippen molar-refractivity contribution >= 4 is 27.9 Å². The van der Waals surface area contributed by atoms with E-state index in [4.69, 9.17) is 4.74 Å². The Kier molecular flexibility index (Phi) is 5.64. The highest BCUT2D eigenvalue weighted by molar-refractivity contribution is 7.90. The maximum absolute atomic E-state index is 12.4. The van der Waals surface area contributed by atoms with Gasteiger partial charge in [0.2, 0.25) is 5.91 Å². The van der Waals surface area contributed by atoms with Crippen molar-refractivity contribution in [2.75, 3.05) is 39.8 Å². The number of carbonyl (C=O) groups excluding carboxylic acids is 2. The number of rotatable bonds is 3. The maximum atomic E-state index is 12.4. The van der Waals surface area contributed by atoms with Crippen molar-refractivity contribution in [3.8, 4) is 0 Å². The molecular weight excluding hydrogens is 372 g/mol. The molecule has 0 saturated carbocycles. The number of aliphatic imine (C=N–C) groups is 1. The van der Waals surface area contributed by atoms with E-state index in [0.717, 1.165) is 0 Å². The number of hydrogen-bond donors (Lipinski definition) is 1. The fourth-order valence-electron chi connectivity index (χ4n) is 3.15. The van der Waals surface area contributed by atoms with Crippen molar-refractivity contribution in [2.45, 2.75) is 17.7 Å². The number of methoxy groups -OCH3 is 1. The average Bonchev–Trinajstić information content (AvgIpc) is 2.82. The van der Waals surface area contributed by atoms with Gasteiger partial charge in [0.05, 0.1) is 18.6 Å². The van der Waals surface area contributed by atoms with Crippen LogP contribution in [0.4, 0.5) is 4.79 Å². The third-order valence-electron chi connectivity index (χ3n) is 4.54. The van der Waals surface area contributed by atoms with Crippen molar-refractivity contribution in [2.24, 2.45) is 4.99 Å². The number of ether oxygens (including phenoxy) is 1. The van der Waals surface area contributed by atoms with Crippen LogP contribution in [-0.4, -0.2) is 75.9 Å². The van der Waals surface area contributed by atoms with Crippen molar-refractivity contribution < 1.29 is 22.7 Å². The van der Waals surface area contributed by atoms with E-state index in [1.807, 2.05) is 0 Å². The van der Waals surface area contributed by atoms with Crippen LogP contribution in [0.3, 0.4) is 0 Å². The number of carbonyl (C=O) groups is 2. The zero-order chi connectivity index (χ0) is 19.4. The van der Waals surface area contributed by atoms with Crippen LogP contribution >= 0.6 is 0 Å². The number of hydrogen-bond acceptors (Lipinski definition) is 6. The molecule has 0 radical (unpaired) electrons. The summed E-state index contributed by atoms with van der Waals surface area (Å²) in [5.41, 5.74) is 0.522. The number of fused-ring (bicyclic) bond motifs is 1. The van der Waals surface area contributed by atoms with Crippen molar-refractivity contribution in [1.82, 2.24) is 14.5 Å². The third-order valence-corrected chi connectivity index (χ3v) is 5.94. The summed E-state index contributed by atoms with van der Waals surface area (Å²) in [4.78, 5) is 31.8. The minimum absolute atomic E-state index is 0.0693. The lowest BCUT2D eigenvalue weighted by Crippen LogP contribution is -2.37.